The van der Waals surface area contributed by atoms with E-state index in [0.29, 0.717) is 6.42 Å². The Kier molecular flexibility index (Phi) is 2.44. The van der Waals surface area contributed by atoms with Crippen LogP contribution in [0.2, 0.25) is 0 Å². The van der Waals surface area contributed by atoms with E-state index in [2.05, 4.69) is 11.8 Å². The monoisotopic (exact) mass is 194 g/mol. The van der Waals surface area contributed by atoms with Gasteiger partial charge in [-0.2, -0.15) is 0 Å². The summed E-state index contributed by atoms with van der Waals surface area (Å²) in [6, 6.07) is 0. The molecule has 0 amide bonds. The van der Waals surface area contributed by atoms with Crippen molar-refractivity contribution in [3.8, 4) is 11.8 Å². The molecule has 2 rings (SSSR count). The fourth-order valence-electron chi connectivity index (χ4n) is 1.57. The van der Waals surface area contributed by atoms with Crippen molar-refractivity contribution in [1.82, 2.24) is 0 Å². The van der Waals surface area contributed by atoms with Gasteiger partial charge in [-0.05, 0) is 29.6 Å². The fraction of sp³-hybridized carbons (Fsp3) is 0.455. The van der Waals surface area contributed by atoms with Crippen LogP contribution >= 0.6 is 11.6 Å². The molecule has 0 spiro atoms. The van der Waals surface area contributed by atoms with Gasteiger partial charge < -0.3 is 5.11 Å². The molecule has 68 valence electrons. The SMILES string of the molecule is OC/C1=C2\C\C2=C(/Cl)CCC#CC1. The van der Waals surface area contributed by atoms with Crippen molar-refractivity contribution in [3.63, 3.8) is 0 Å². The zero-order valence-electron chi connectivity index (χ0n) is 7.36. The van der Waals surface area contributed by atoms with Gasteiger partial charge in [0.25, 0.3) is 0 Å². The van der Waals surface area contributed by atoms with E-state index < -0.39 is 0 Å². The summed E-state index contributed by atoms with van der Waals surface area (Å²) < 4.78 is 0. The van der Waals surface area contributed by atoms with Crippen molar-refractivity contribution < 1.29 is 5.11 Å². The molecular formula is C11H11ClO. The molecule has 0 saturated heterocycles. The van der Waals surface area contributed by atoms with E-state index in [9.17, 15) is 0 Å². The highest BCUT2D eigenvalue weighted by molar-refractivity contribution is 6.30. The molecule has 1 fully saturated rings. The molecule has 0 aromatic rings. The molecular weight excluding hydrogens is 184 g/mol. The minimum atomic E-state index is 0.123. The third kappa shape index (κ3) is 1.80. The lowest BCUT2D eigenvalue weighted by Gasteiger charge is -1.94. The van der Waals surface area contributed by atoms with Crippen molar-refractivity contribution in [1.29, 1.82) is 0 Å². The highest BCUT2D eigenvalue weighted by Gasteiger charge is 2.27. The molecule has 0 aromatic carbocycles. The third-order valence-electron chi connectivity index (χ3n) is 2.43. The summed E-state index contributed by atoms with van der Waals surface area (Å²) >= 11 is 6.08. The van der Waals surface area contributed by atoms with Gasteiger partial charge in [0, 0.05) is 17.9 Å². The van der Waals surface area contributed by atoms with Gasteiger partial charge in [-0.15, -0.1) is 5.92 Å². The minimum Gasteiger partial charge on any atom is -0.392 e. The lowest BCUT2D eigenvalue weighted by Crippen LogP contribution is -1.88. The molecule has 0 radical (unpaired) electrons. The van der Waals surface area contributed by atoms with Crippen molar-refractivity contribution >= 4 is 11.6 Å². The first-order valence-corrected chi connectivity index (χ1v) is 4.86. The quantitative estimate of drug-likeness (QED) is 0.636. The average Bonchev–Trinajstić information content (AvgIpc) is 2.89. The average molecular weight is 195 g/mol. The molecule has 1 N–H and O–H groups in total. The Morgan fingerprint density at radius 1 is 1.31 bits per heavy atom. The number of aliphatic hydroxyl groups is 1. The van der Waals surface area contributed by atoms with E-state index in [1.807, 2.05) is 0 Å². The smallest absolute Gasteiger partial charge is 0.0657 e. The van der Waals surface area contributed by atoms with E-state index >= 15 is 0 Å². The number of rotatable bonds is 1. The molecule has 0 unspecified atom stereocenters. The van der Waals surface area contributed by atoms with Crippen LogP contribution in [0.1, 0.15) is 25.7 Å². The number of allylic oxidation sites excluding steroid dienone is 3. The third-order valence-corrected chi connectivity index (χ3v) is 2.85. The topological polar surface area (TPSA) is 20.2 Å². The van der Waals surface area contributed by atoms with E-state index in [1.165, 1.54) is 11.1 Å². The first-order valence-electron chi connectivity index (χ1n) is 4.48. The van der Waals surface area contributed by atoms with Crippen molar-refractivity contribution in [2.24, 2.45) is 0 Å². The Hall–Kier alpha value is -0.710. The van der Waals surface area contributed by atoms with Crippen LogP contribution in [0.4, 0.5) is 0 Å². The Bertz CT molecular complexity index is 352. The van der Waals surface area contributed by atoms with Crippen LogP contribution < -0.4 is 0 Å². The fourth-order valence-corrected chi connectivity index (χ4v) is 1.84. The van der Waals surface area contributed by atoms with E-state index in [1.54, 1.807) is 0 Å². The Labute approximate surface area is 83.1 Å². The zero-order chi connectivity index (χ0) is 9.26. The first-order chi connectivity index (χ1) is 6.33. The van der Waals surface area contributed by atoms with Gasteiger partial charge in [-0.1, -0.05) is 17.5 Å². The summed E-state index contributed by atoms with van der Waals surface area (Å²) in [5, 5.41) is 10.0. The molecule has 1 saturated carbocycles. The highest BCUT2D eigenvalue weighted by atomic mass is 35.5. The lowest BCUT2D eigenvalue weighted by atomic mass is 10.2. The lowest BCUT2D eigenvalue weighted by molar-refractivity contribution is 0.329. The maximum atomic E-state index is 9.09. The number of fused-ring (bicyclic) bond motifs is 1. The standard InChI is InChI=1S/C11H11ClO/c12-11-5-3-1-2-4-8(7-13)9-6-10(9)11/h13H,3-7H2/b9-8+,11-10+. The maximum Gasteiger partial charge on any atom is 0.0657 e. The second kappa shape index (κ2) is 3.57. The van der Waals surface area contributed by atoms with Crippen LogP contribution in [-0.2, 0) is 0 Å². The molecule has 0 aliphatic heterocycles. The maximum absolute atomic E-state index is 9.09. The van der Waals surface area contributed by atoms with Crippen molar-refractivity contribution in [2.75, 3.05) is 6.61 Å². The highest BCUT2D eigenvalue weighted by Crippen LogP contribution is 2.45. The molecule has 0 heterocycles. The van der Waals surface area contributed by atoms with Crippen molar-refractivity contribution in [3.05, 3.63) is 21.8 Å². The second-order valence-corrected chi connectivity index (χ2v) is 3.79. The van der Waals surface area contributed by atoms with Gasteiger partial charge in [0.15, 0.2) is 0 Å². The van der Waals surface area contributed by atoms with Gasteiger partial charge in [0.2, 0.25) is 0 Å². The van der Waals surface area contributed by atoms with Crippen molar-refractivity contribution in [2.45, 2.75) is 25.7 Å². The van der Waals surface area contributed by atoms with E-state index in [4.69, 9.17) is 16.7 Å². The van der Waals surface area contributed by atoms with Crippen LogP contribution in [0.25, 0.3) is 0 Å². The number of hydrogen-bond donors (Lipinski definition) is 1. The Morgan fingerprint density at radius 2 is 2.15 bits per heavy atom. The summed E-state index contributed by atoms with van der Waals surface area (Å²) in [5.41, 5.74) is 3.56. The summed E-state index contributed by atoms with van der Waals surface area (Å²) in [4.78, 5) is 0. The molecule has 13 heavy (non-hydrogen) atoms. The molecule has 0 atom stereocenters. The molecule has 2 aliphatic carbocycles. The Morgan fingerprint density at radius 3 is 2.92 bits per heavy atom. The van der Waals surface area contributed by atoms with Crippen LogP contribution in [0.5, 0.6) is 0 Å². The number of halogens is 1. The van der Waals surface area contributed by atoms with Gasteiger partial charge >= 0.3 is 0 Å². The summed E-state index contributed by atoms with van der Waals surface area (Å²) in [6.07, 6.45) is 3.39. The number of aliphatic hydroxyl groups excluding tert-OH is 1. The van der Waals surface area contributed by atoms with Gasteiger partial charge in [0.1, 0.15) is 0 Å². The van der Waals surface area contributed by atoms with Gasteiger partial charge in [-0.25, -0.2) is 0 Å². The summed E-state index contributed by atoms with van der Waals surface area (Å²) in [5.74, 6) is 6.10. The largest absolute Gasteiger partial charge is 0.392 e. The first kappa shape index (κ1) is 8.87. The predicted molar refractivity (Wildman–Crippen MR) is 53.2 cm³/mol. The molecule has 0 aromatic heterocycles. The Balaban J connectivity index is 2.33. The predicted octanol–water partition coefficient (Wildman–Crippen LogP) is 2.36. The van der Waals surface area contributed by atoms with Crippen LogP contribution in [0.15, 0.2) is 21.8 Å². The second-order valence-electron chi connectivity index (χ2n) is 3.33. The van der Waals surface area contributed by atoms with E-state index in [0.717, 1.165) is 29.9 Å². The molecule has 2 heteroatoms. The summed E-state index contributed by atoms with van der Waals surface area (Å²) in [6.45, 7) is 0.123. The molecule has 0 bridgehead atoms. The van der Waals surface area contributed by atoms with E-state index in [-0.39, 0.29) is 6.61 Å². The molecule has 2 aliphatic rings. The molecule has 1 nitrogen and oxygen atoms in total. The van der Waals surface area contributed by atoms with Gasteiger partial charge in [0.05, 0.1) is 6.61 Å². The van der Waals surface area contributed by atoms with Crippen LogP contribution in [-0.4, -0.2) is 11.7 Å². The summed E-state index contributed by atoms with van der Waals surface area (Å²) in [7, 11) is 0. The zero-order valence-corrected chi connectivity index (χ0v) is 8.12. The van der Waals surface area contributed by atoms with Crippen LogP contribution in [0.3, 0.4) is 0 Å². The normalized spacial score (nSPS) is 32.2. The van der Waals surface area contributed by atoms with Crippen LogP contribution in [0, 0.1) is 11.8 Å². The minimum absolute atomic E-state index is 0.123. The van der Waals surface area contributed by atoms with Gasteiger partial charge in [-0.3, -0.25) is 0 Å². The number of hydrogen-bond acceptors (Lipinski definition) is 1.